The van der Waals surface area contributed by atoms with Crippen molar-refractivity contribution in [2.24, 2.45) is 11.8 Å². The number of ketones is 1. The summed E-state index contributed by atoms with van der Waals surface area (Å²) in [5.74, 6) is 1.30. The summed E-state index contributed by atoms with van der Waals surface area (Å²) in [4.78, 5) is 24.1. The van der Waals surface area contributed by atoms with Gasteiger partial charge in [-0.3, -0.25) is 4.79 Å². The maximum atomic E-state index is 12.2. The summed E-state index contributed by atoms with van der Waals surface area (Å²) < 4.78 is 5.21. The number of ether oxygens (including phenoxy) is 1. The van der Waals surface area contributed by atoms with E-state index >= 15 is 0 Å². The molecule has 1 N–H and O–H groups in total. The average molecular weight is 301 g/mol. The van der Waals surface area contributed by atoms with E-state index < -0.39 is 6.09 Å². The summed E-state index contributed by atoms with van der Waals surface area (Å²) in [7, 11) is 0. The van der Waals surface area contributed by atoms with Gasteiger partial charge in [0.1, 0.15) is 6.61 Å². The van der Waals surface area contributed by atoms with Crippen molar-refractivity contribution in [3.8, 4) is 0 Å². The van der Waals surface area contributed by atoms with Gasteiger partial charge in [-0.15, -0.1) is 0 Å². The van der Waals surface area contributed by atoms with Crippen LogP contribution in [0.3, 0.4) is 0 Å². The van der Waals surface area contributed by atoms with Crippen LogP contribution in [0.5, 0.6) is 0 Å². The fourth-order valence-corrected chi connectivity index (χ4v) is 3.74. The van der Waals surface area contributed by atoms with Gasteiger partial charge >= 0.3 is 6.09 Å². The van der Waals surface area contributed by atoms with Crippen LogP contribution < -0.4 is 5.32 Å². The Kier molecular flexibility index (Phi) is 4.76. The number of hydrogen-bond acceptors (Lipinski definition) is 3. The molecule has 0 aromatic heterocycles. The summed E-state index contributed by atoms with van der Waals surface area (Å²) in [5.41, 5.74) is 0.944. The number of alkyl carbamates (subject to hydrolysis) is 1. The lowest BCUT2D eigenvalue weighted by Gasteiger charge is -2.38. The predicted molar refractivity (Wildman–Crippen MR) is 83.2 cm³/mol. The molecule has 22 heavy (non-hydrogen) atoms. The SMILES string of the molecule is O=C(N[C@H]1C[C@H]2CCCC[C@H]2CC1=O)OCc1ccccc1. The first-order valence-electron chi connectivity index (χ1n) is 8.22. The highest BCUT2D eigenvalue weighted by atomic mass is 16.5. The Morgan fingerprint density at radius 2 is 1.86 bits per heavy atom. The molecule has 118 valence electrons. The maximum absolute atomic E-state index is 12.2. The van der Waals surface area contributed by atoms with Crippen LogP contribution in [0.25, 0.3) is 0 Å². The Morgan fingerprint density at radius 3 is 2.64 bits per heavy atom. The highest BCUT2D eigenvalue weighted by Crippen LogP contribution is 2.39. The third-order valence-electron chi connectivity index (χ3n) is 4.96. The first-order valence-corrected chi connectivity index (χ1v) is 8.22. The van der Waals surface area contributed by atoms with Gasteiger partial charge in [0.25, 0.3) is 0 Å². The summed E-state index contributed by atoms with van der Waals surface area (Å²) in [6, 6.07) is 9.19. The molecule has 0 unspecified atom stereocenters. The molecule has 3 rings (SSSR count). The molecule has 4 nitrogen and oxygen atoms in total. The number of rotatable bonds is 3. The van der Waals surface area contributed by atoms with Crippen molar-refractivity contribution in [3.63, 3.8) is 0 Å². The predicted octanol–water partition coefficient (Wildman–Crippen LogP) is 3.45. The molecule has 0 radical (unpaired) electrons. The Balaban J connectivity index is 1.49. The zero-order valence-electron chi connectivity index (χ0n) is 12.8. The van der Waals surface area contributed by atoms with Gasteiger partial charge in [-0.05, 0) is 30.2 Å². The molecule has 4 heteroatoms. The van der Waals surface area contributed by atoms with Gasteiger partial charge in [-0.1, -0.05) is 49.6 Å². The molecular weight excluding hydrogens is 278 g/mol. The van der Waals surface area contributed by atoms with Crippen LogP contribution in [0.15, 0.2) is 30.3 Å². The van der Waals surface area contributed by atoms with Crippen LogP contribution in [-0.4, -0.2) is 17.9 Å². The van der Waals surface area contributed by atoms with Gasteiger partial charge in [-0.25, -0.2) is 4.79 Å². The van der Waals surface area contributed by atoms with Gasteiger partial charge in [0.2, 0.25) is 0 Å². The number of fused-ring (bicyclic) bond motifs is 1. The number of benzene rings is 1. The first kappa shape index (κ1) is 15.1. The van der Waals surface area contributed by atoms with E-state index in [9.17, 15) is 9.59 Å². The van der Waals surface area contributed by atoms with Crippen molar-refractivity contribution < 1.29 is 14.3 Å². The number of Topliss-reactive ketones (excluding diaryl/α,β-unsaturated/α-hetero) is 1. The van der Waals surface area contributed by atoms with Crippen LogP contribution >= 0.6 is 0 Å². The highest BCUT2D eigenvalue weighted by molar-refractivity contribution is 5.88. The lowest BCUT2D eigenvalue weighted by molar-refractivity contribution is -0.125. The molecule has 0 spiro atoms. The Morgan fingerprint density at radius 1 is 1.14 bits per heavy atom. The third-order valence-corrected chi connectivity index (χ3v) is 4.96. The van der Waals surface area contributed by atoms with Gasteiger partial charge in [0, 0.05) is 6.42 Å². The smallest absolute Gasteiger partial charge is 0.408 e. The van der Waals surface area contributed by atoms with E-state index in [0.29, 0.717) is 18.3 Å². The molecule has 0 heterocycles. The van der Waals surface area contributed by atoms with E-state index in [1.54, 1.807) is 0 Å². The van der Waals surface area contributed by atoms with Crippen molar-refractivity contribution in [1.29, 1.82) is 0 Å². The number of amides is 1. The van der Waals surface area contributed by atoms with E-state index in [0.717, 1.165) is 12.0 Å². The molecule has 2 fully saturated rings. The van der Waals surface area contributed by atoms with Crippen molar-refractivity contribution in [1.82, 2.24) is 5.32 Å². The van der Waals surface area contributed by atoms with Gasteiger partial charge in [-0.2, -0.15) is 0 Å². The fourth-order valence-electron chi connectivity index (χ4n) is 3.74. The van der Waals surface area contributed by atoms with Crippen LogP contribution in [0.1, 0.15) is 44.1 Å². The van der Waals surface area contributed by atoms with Crippen molar-refractivity contribution in [2.45, 2.75) is 51.2 Å². The van der Waals surface area contributed by atoms with Crippen LogP contribution in [-0.2, 0) is 16.1 Å². The second-order valence-corrected chi connectivity index (χ2v) is 6.47. The fraction of sp³-hybridized carbons (Fsp3) is 0.556. The first-order chi connectivity index (χ1) is 10.7. The third kappa shape index (κ3) is 3.67. The number of hydrogen-bond donors (Lipinski definition) is 1. The van der Waals surface area contributed by atoms with Crippen LogP contribution in [0.4, 0.5) is 4.79 Å². The molecule has 1 aromatic carbocycles. The van der Waals surface area contributed by atoms with Crippen LogP contribution in [0, 0.1) is 11.8 Å². The Labute approximate surface area is 131 Å². The molecule has 3 atom stereocenters. The quantitative estimate of drug-likeness (QED) is 0.930. The van der Waals surface area contributed by atoms with E-state index in [4.69, 9.17) is 4.74 Å². The second kappa shape index (κ2) is 6.95. The van der Waals surface area contributed by atoms with Gasteiger partial charge in [0.05, 0.1) is 6.04 Å². The normalized spacial score (nSPS) is 27.8. The molecule has 1 aromatic rings. The van der Waals surface area contributed by atoms with Gasteiger partial charge < -0.3 is 10.1 Å². The Hall–Kier alpha value is -1.84. The molecule has 2 aliphatic carbocycles. The van der Waals surface area contributed by atoms with Crippen molar-refractivity contribution >= 4 is 11.9 Å². The zero-order chi connectivity index (χ0) is 15.4. The molecule has 0 saturated heterocycles. The number of carbonyl (C=O) groups is 2. The molecule has 0 bridgehead atoms. The monoisotopic (exact) mass is 301 g/mol. The van der Waals surface area contributed by atoms with Crippen LogP contribution in [0.2, 0.25) is 0 Å². The zero-order valence-corrected chi connectivity index (χ0v) is 12.8. The van der Waals surface area contributed by atoms with E-state index in [1.807, 2.05) is 30.3 Å². The summed E-state index contributed by atoms with van der Waals surface area (Å²) in [6.45, 7) is 0.236. The minimum absolute atomic E-state index is 0.166. The number of carbonyl (C=O) groups excluding carboxylic acids is 2. The molecular formula is C18H23NO3. The lowest BCUT2D eigenvalue weighted by atomic mass is 9.69. The second-order valence-electron chi connectivity index (χ2n) is 6.47. The Bertz CT molecular complexity index is 528. The minimum Gasteiger partial charge on any atom is -0.445 e. The lowest BCUT2D eigenvalue weighted by Crippen LogP contribution is -2.47. The largest absolute Gasteiger partial charge is 0.445 e. The summed E-state index contributed by atoms with van der Waals surface area (Å²) in [5, 5.41) is 2.76. The standard InChI is InChI=1S/C18H23NO3/c20-17-11-15-9-5-4-8-14(15)10-16(17)19-18(21)22-12-13-6-2-1-3-7-13/h1-3,6-7,14-16H,4-5,8-12H2,(H,19,21)/t14-,15+,16+/m1/s1. The van der Waals surface area contributed by atoms with Crippen molar-refractivity contribution in [3.05, 3.63) is 35.9 Å². The molecule has 0 aliphatic heterocycles. The summed E-state index contributed by atoms with van der Waals surface area (Å²) >= 11 is 0. The highest BCUT2D eigenvalue weighted by Gasteiger charge is 2.37. The topological polar surface area (TPSA) is 55.4 Å². The van der Waals surface area contributed by atoms with E-state index in [-0.39, 0.29) is 18.4 Å². The van der Waals surface area contributed by atoms with Gasteiger partial charge in [0.15, 0.2) is 5.78 Å². The molecule has 2 saturated carbocycles. The minimum atomic E-state index is -0.489. The van der Waals surface area contributed by atoms with E-state index in [2.05, 4.69) is 5.32 Å². The number of nitrogens with one attached hydrogen (secondary N) is 1. The van der Waals surface area contributed by atoms with Crippen molar-refractivity contribution in [2.75, 3.05) is 0 Å². The maximum Gasteiger partial charge on any atom is 0.408 e. The average Bonchev–Trinajstić information content (AvgIpc) is 2.55. The van der Waals surface area contributed by atoms with E-state index in [1.165, 1.54) is 25.7 Å². The summed E-state index contributed by atoms with van der Waals surface area (Å²) in [6.07, 6.45) is 5.76. The molecule has 2 aliphatic rings. The molecule has 1 amide bonds.